The average Bonchev–Trinajstić information content (AvgIpc) is 2.81. The highest BCUT2D eigenvalue weighted by molar-refractivity contribution is 7.09. The van der Waals surface area contributed by atoms with Crippen molar-refractivity contribution in [2.45, 2.75) is 32.7 Å². The standard InChI is InChI=1S/C14H18FN3S/c1-3-5-17-14(7-11-9-19-10(2)18-11)12-4-6-16-8-13(12)15/h4,6,8-9,14,17H,3,5,7H2,1-2H3. The van der Waals surface area contributed by atoms with Crippen molar-refractivity contribution in [3.63, 3.8) is 0 Å². The number of hydrogen-bond donors (Lipinski definition) is 1. The Kier molecular flexibility index (Phi) is 4.99. The van der Waals surface area contributed by atoms with Crippen molar-refractivity contribution < 1.29 is 4.39 Å². The number of thiazole rings is 1. The van der Waals surface area contributed by atoms with E-state index in [1.807, 2.05) is 12.3 Å². The van der Waals surface area contributed by atoms with Crippen LogP contribution in [0.4, 0.5) is 4.39 Å². The van der Waals surface area contributed by atoms with Gasteiger partial charge in [0.1, 0.15) is 5.82 Å². The van der Waals surface area contributed by atoms with E-state index in [2.05, 4.69) is 22.2 Å². The van der Waals surface area contributed by atoms with Crippen LogP contribution in [0.2, 0.25) is 0 Å². The first kappa shape index (κ1) is 14.1. The third-order valence-electron chi connectivity index (χ3n) is 2.90. The molecule has 2 rings (SSSR count). The molecular weight excluding hydrogens is 261 g/mol. The van der Waals surface area contributed by atoms with E-state index in [1.54, 1.807) is 23.6 Å². The number of nitrogens with one attached hydrogen (secondary N) is 1. The zero-order valence-electron chi connectivity index (χ0n) is 11.2. The zero-order chi connectivity index (χ0) is 13.7. The lowest BCUT2D eigenvalue weighted by molar-refractivity contribution is 0.492. The van der Waals surface area contributed by atoms with Crippen molar-refractivity contribution >= 4 is 11.3 Å². The largest absolute Gasteiger partial charge is 0.310 e. The summed E-state index contributed by atoms with van der Waals surface area (Å²) in [4.78, 5) is 8.26. The molecule has 102 valence electrons. The summed E-state index contributed by atoms with van der Waals surface area (Å²) in [5.41, 5.74) is 1.67. The third kappa shape index (κ3) is 3.81. The molecule has 2 aromatic heterocycles. The predicted octanol–water partition coefficient (Wildman–Crippen LogP) is 3.27. The van der Waals surface area contributed by atoms with Crippen LogP contribution < -0.4 is 5.32 Å². The quantitative estimate of drug-likeness (QED) is 0.882. The van der Waals surface area contributed by atoms with Crippen molar-refractivity contribution in [3.05, 3.63) is 45.9 Å². The summed E-state index contributed by atoms with van der Waals surface area (Å²) in [6.45, 7) is 4.94. The Labute approximate surface area is 116 Å². The van der Waals surface area contributed by atoms with Crippen LogP contribution in [0.25, 0.3) is 0 Å². The van der Waals surface area contributed by atoms with Gasteiger partial charge in [-0.25, -0.2) is 9.37 Å². The summed E-state index contributed by atoms with van der Waals surface area (Å²) in [5.74, 6) is -0.261. The van der Waals surface area contributed by atoms with E-state index in [1.165, 1.54) is 6.20 Å². The van der Waals surface area contributed by atoms with E-state index in [0.29, 0.717) is 12.0 Å². The molecule has 19 heavy (non-hydrogen) atoms. The van der Waals surface area contributed by atoms with Crippen LogP contribution in [0.1, 0.15) is 35.7 Å². The highest BCUT2D eigenvalue weighted by atomic mass is 32.1. The first-order valence-electron chi connectivity index (χ1n) is 6.44. The van der Waals surface area contributed by atoms with Crippen molar-refractivity contribution in [2.24, 2.45) is 0 Å². The lowest BCUT2D eigenvalue weighted by Gasteiger charge is -2.18. The number of nitrogens with zero attached hydrogens (tertiary/aromatic N) is 2. The first-order valence-corrected chi connectivity index (χ1v) is 7.32. The van der Waals surface area contributed by atoms with E-state index in [9.17, 15) is 4.39 Å². The van der Waals surface area contributed by atoms with E-state index in [0.717, 1.165) is 23.7 Å². The molecule has 0 spiro atoms. The number of aryl methyl sites for hydroxylation is 1. The molecule has 3 nitrogen and oxygen atoms in total. The molecule has 0 saturated carbocycles. The van der Waals surface area contributed by atoms with Crippen molar-refractivity contribution in [1.29, 1.82) is 0 Å². The zero-order valence-corrected chi connectivity index (χ0v) is 12.0. The molecule has 0 aliphatic heterocycles. The Hall–Kier alpha value is -1.33. The molecule has 2 aromatic rings. The van der Waals surface area contributed by atoms with Crippen LogP contribution in [0.15, 0.2) is 23.8 Å². The second-order valence-corrected chi connectivity index (χ2v) is 5.53. The van der Waals surface area contributed by atoms with Crippen molar-refractivity contribution in [1.82, 2.24) is 15.3 Å². The maximum absolute atomic E-state index is 13.9. The van der Waals surface area contributed by atoms with Crippen LogP contribution in [0.3, 0.4) is 0 Å². The summed E-state index contributed by atoms with van der Waals surface area (Å²) in [6, 6.07) is 1.69. The summed E-state index contributed by atoms with van der Waals surface area (Å²) in [5, 5.41) is 6.46. The summed E-state index contributed by atoms with van der Waals surface area (Å²) >= 11 is 1.62. The normalized spacial score (nSPS) is 12.6. The Balaban J connectivity index is 2.18. The highest BCUT2D eigenvalue weighted by Gasteiger charge is 2.16. The lowest BCUT2D eigenvalue weighted by Crippen LogP contribution is -2.25. The second-order valence-electron chi connectivity index (χ2n) is 4.47. The van der Waals surface area contributed by atoms with Crippen molar-refractivity contribution in [3.8, 4) is 0 Å². The van der Waals surface area contributed by atoms with Gasteiger partial charge in [-0.2, -0.15) is 0 Å². The molecule has 1 atom stereocenters. The van der Waals surface area contributed by atoms with E-state index in [4.69, 9.17) is 0 Å². The summed E-state index contributed by atoms with van der Waals surface area (Å²) < 4.78 is 13.9. The van der Waals surface area contributed by atoms with Gasteiger partial charge in [0.05, 0.1) is 16.9 Å². The molecule has 0 aliphatic rings. The van der Waals surface area contributed by atoms with Gasteiger partial charge in [-0.1, -0.05) is 6.92 Å². The minimum absolute atomic E-state index is 0.0514. The second kappa shape index (κ2) is 6.73. The minimum atomic E-state index is -0.261. The van der Waals surface area contributed by atoms with Gasteiger partial charge in [0.2, 0.25) is 0 Å². The Bertz CT molecular complexity index is 527. The molecule has 0 aliphatic carbocycles. The molecule has 1 unspecified atom stereocenters. The highest BCUT2D eigenvalue weighted by Crippen LogP contribution is 2.21. The third-order valence-corrected chi connectivity index (χ3v) is 3.72. The molecule has 5 heteroatoms. The number of rotatable bonds is 6. The van der Waals surface area contributed by atoms with Gasteiger partial charge in [0, 0.05) is 29.6 Å². The number of pyridine rings is 1. The van der Waals surface area contributed by atoms with Gasteiger partial charge in [-0.3, -0.25) is 4.98 Å². The predicted molar refractivity (Wildman–Crippen MR) is 75.8 cm³/mol. The van der Waals surface area contributed by atoms with Gasteiger partial charge in [0.15, 0.2) is 0 Å². The number of halogens is 1. The SMILES string of the molecule is CCCNC(Cc1csc(C)n1)c1ccncc1F. The Morgan fingerprint density at radius 2 is 2.32 bits per heavy atom. The fourth-order valence-corrected chi connectivity index (χ4v) is 2.62. The minimum Gasteiger partial charge on any atom is -0.310 e. The lowest BCUT2D eigenvalue weighted by atomic mass is 10.0. The Morgan fingerprint density at radius 1 is 1.47 bits per heavy atom. The topological polar surface area (TPSA) is 37.8 Å². The number of hydrogen-bond acceptors (Lipinski definition) is 4. The van der Waals surface area contributed by atoms with Crippen molar-refractivity contribution in [2.75, 3.05) is 6.54 Å². The smallest absolute Gasteiger partial charge is 0.146 e. The molecule has 0 aromatic carbocycles. The fraction of sp³-hybridized carbons (Fsp3) is 0.429. The molecular formula is C14H18FN3S. The summed E-state index contributed by atoms with van der Waals surface area (Å²) in [7, 11) is 0. The van der Waals surface area contributed by atoms with E-state index < -0.39 is 0 Å². The van der Waals surface area contributed by atoms with Gasteiger partial charge in [-0.15, -0.1) is 11.3 Å². The van der Waals surface area contributed by atoms with Gasteiger partial charge < -0.3 is 5.32 Å². The van der Waals surface area contributed by atoms with E-state index >= 15 is 0 Å². The van der Waals surface area contributed by atoms with Crippen LogP contribution >= 0.6 is 11.3 Å². The van der Waals surface area contributed by atoms with Crippen LogP contribution in [-0.4, -0.2) is 16.5 Å². The average molecular weight is 279 g/mol. The van der Waals surface area contributed by atoms with Gasteiger partial charge >= 0.3 is 0 Å². The monoisotopic (exact) mass is 279 g/mol. The van der Waals surface area contributed by atoms with Crippen LogP contribution in [-0.2, 0) is 6.42 Å². The Morgan fingerprint density at radius 3 is 2.95 bits per heavy atom. The van der Waals surface area contributed by atoms with Crippen LogP contribution in [0.5, 0.6) is 0 Å². The molecule has 0 radical (unpaired) electrons. The molecule has 2 heterocycles. The molecule has 0 bridgehead atoms. The van der Waals surface area contributed by atoms with Gasteiger partial charge in [-0.05, 0) is 26.0 Å². The van der Waals surface area contributed by atoms with Crippen LogP contribution in [0, 0.1) is 12.7 Å². The van der Waals surface area contributed by atoms with Gasteiger partial charge in [0.25, 0.3) is 0 Å². The van der Waals surface area contributed by atoms with E-state index in [-0.39, 0.29) is 11.9 Å². The molecule has 0 amide bonds. The molecule has 0 saturated heterocycles. The summed E-state index contributed by atoms with van der Waals surface area (Å²) in [6.07, 6.45) is 4.61. The maximum atomic E-state index is 13.9. The molecule has 0 fully saturated rings. The maximum Gasteiger partial charge on any atom is 0.146 e. The molecule has 1 N–H and O–H groups in total. The first-order chi connectivity index (χ1) is 9.20. The fourth-order valence-electron chi connectivity index (χ4n) is 1.99. The number of aromatic nitrogens is 2.